The topological polar surface area (TPSA) is 61.2 Å². The Labute approximate surface area is 73.0 Å². The van der Waals surface area contributed by atoms with Crippen molar-refractivity contribution in [1.29, 1.82) is 5.26 Å². The molecule has 0 fully saturated rings. The fraction of sp³-hybridized carbons (Fsp3) is 0.571. The molecular formula is C7H12N2O2S. The molecule has 0 aromatic carbocycles. The summed E-state index contributed by atoms with van der Waals surface area (Å²) in [6.45, 7) is 1.51. The molecule has 0 radical (unpaired) electrons. The molecule has 0 saturated carbocycles. The van der Waals surface area contributed by atoms with E-state index < -0.39 is 9.84 Å². The molecule has 0 spiro atoms. The Hall–Kier alpha value is -1.02. The van der Waals surface area contributed by atoms with Crippen molar-refractivity contribution < 1.29 is 8.42 Å². The highest BCUT2D eigenvalue weighted by Crippen LogP contribution is 2.05. The number of rotatable bonds is 3. The summed E-state index contributed by atoms with van der Waals surface area (Å²) >= 11 is 0. The third kappa shape index (κ3) is 2.93. The largest absolute Gasteiger partial charge is 0.382 e. The molecule has 0 bridgehead atoms. The Morgan fingerprint density at radius 3 is 2.33 bits per heavy atom. The summed E-state index contributed by atoms with van der Waals surface area (Å²) in [5.41, 5.74) is 0. The molecule has 0 aliphatic heterocycles. The van der Waals surface area contributed by atoms with Gasteiger partial charge in [0.1, 0.15) is 6.07 Å². The van der Waals surface area contributed by atoms with E-state index in [0.29, 0.717) is 0 Å². The standard InChI is InChI=1S/C7H12N2O2S/c1-4-12(10,11)7(5-8)6-9(2)3/h6H,4H2,1-3H3. The van der Waals surface area contributed by atoms with Crippen LogP contribution in [-0.2, 0) is 9.84 Å². The van der Waals surface area contributed by atoms with Crippen LogP contribution in [0.1, 0.15) is 6.92 Å². The van der Waals surface area contributed by atoms with Gasteiger partial charge in [-0.25, -0.2) is 8.42 Å². The van der Waals surface area contributed by atoms with Crippen LogP contribution in [0.2, 0.25) is 0 Å². The zero-order chi connectivity index (χ0) is 9.78. The van der Waals surface area contributed by atoms with E-state index in [1.807, 2.05) is 0 Å². The smallest absolute Gasteiger partial charge is 0.189 e. The second-order valence-corrected chi connectivity index (χ2v) is 4.72. The van der Waals surface area contributed by atoms with Gasteiger partial charge in [0.15, 0.2) is 14.7 Å². The van der Waals surface area contributed by atoms with Crippen molar-refractivity contribution in [2.75, 3.05) is 19.8 Å². The average molecular weight is 188 g/mol. The van der Waals surface area contributed by atoms with Crippen molar-refractivity contribution in [3.05, 3.63) is 11.1 Å². The van der Waals surface area contributed by atoms with Gasteiger partial charge in [0, 0.05) is 20.3 Å². The summed E-state index contributed by atoms with van der Waals surface area (Å²) in [5.74, 6) is -0.0414. The molecule has 0 saturated heterocycles. The van der Waals surface area contributed by atoms with Gasteiger partial charge < -0.3 is 4.90 Å². The van der Waals surface area contributed by atoms with E-state index in [9.17, 15) is 8.42 Å². The monoisotopic (exact) mass is 188 g/mol. The molecular weight excluding hydrogens is 176 g/mol. The number of sulfone groups is 1. The predicted octanol–water partition coefficient (Wildman–Crippen LogP) is 0.348. The minimum Gasteiger partial charge on any atom is -0.382 e. The molecule has 68 valence electrons. The highest BCUT2D eigenvalue weighted by Gasteiger charge is 2.14. The third-order valence-corrected chi connectivity index (χ3v) is 2.83. The van der Waals surface area contributed by atoms with E-state index in [2.05, 4.69) is 0 Å². The average Bonchev–Trinajstić information content (AvgIpc) is 1.99. The van der Waals surface area contributed by atoms with Crippen LogP contribution in [0.3, 0.4) is 0 Å². The Morgan fingerprint density at radius 2 is 2.08 bits per heavy atom. The van der Waals surface area contributed by atoms with Gasteiger partial charge in [-0.2, -0.15) is 5.26 Å². The molecule has 0 N–H and O–H groups in total. The first-order valence-electron chi connectivity index (χ1n) is 3.45. The molecule has 0 heterocycles. The van der Waals surface area contributed by atoms with Crippen LogP contribution < -0.4 is 0 Å². The number of hydrogen-bond acceptors (Lipinski definition) is 4. The van der Waals surface area contributed by atoms with Crippen LogP contribution in [0.25, 0.3) is 0 Å². The molecule has 0 aromatic heterocycles. The Balaban J connectivity index is 4.98. The summed E-state index contributed by atoms with van der Waals surface area (Å²) in [7, 11) is -0.00875. The predicted molar refractivity (Wildman–Crippen MR) is 46.8 cm³/mol. The normalized spacial score (nSPS) is 12.3. The van der Waals surface area contributed by atoms with Gasteiger partial charge in [-0.05, 0) is 0 Å². The molecule has 0 aliphatic carbocycles. The van der Waals surface area contributed by atoms with Crippen molar-refractivity contribution in [1.82, 2.24) is 4.90 Å². The molecule has 0 aliphatic rings. The fourth-order valence-corrected chi connectivity index (χ4v) is 1.39. The minimum absolute atomic E-state index is 0.0414. The van der Waals surface area contributed by atoms with E-state index in [1.54, 1.807) is 20.2 Å². The lowest BCUT2D eigenvalue weighted by molar-refractivity contribution is 0.559. The second-order valence-electron chi connectivity index (χ2n) is 2.47. The van der Waals surface area contributed by atoms with Gasteiger partial charge in [0.2, 0.25) is 0 Å². The third-order valence-electron chi connectivity index (χ3n) is 1.20. The van der Waals surface area contributed by atoms with Crippen molar-refractivity contribution in [2.45, 2.75) is 6.92 Å². The Morgan fingerprint density at radius 1 is 1.58 bits per heavy atom. The zero-order valence-electron chi connectivity index (χ0n) is 7.40. The first-order valence-corrected chi connectivity index (χ1v) is 5.10. The van der Waals surface area contributed by atoms with E-state index in [1.165, 1.54) is 18.0 Å². The van der Waals surface area contributed by atoms with E-state index in [-0.39, 0.29) is 10.7 Å². The van der Waals surface area contributed by atoms with Gasteiger partial charge in [0.25, 0.3) is 0 Å². The molecule has 4 nitrogen and oxygen atoms in total. The van der Waals surface area contributed by atoms with Crippen molar-refractivity contribution in [3.63, 3.8) is 0 Å². The Kier molecular flexibility index (Phi) is 3.77. The molecule has 0 rings (SSSR count). The minimum atomic E-state index is -3.35. The van der Waals surface area contributed by atoms with Gasteiger partial charge in [-0.1, -0.05) is 6.92 Å². The summed E-state index contributed by atoms with van der Waals surface area (Å²) < 4.78 is 22.3. The molecule has 0 amide bonds. The van der Waals surface area contributed by atoms with Crippen LogP contribution in [0, 0.1) is 11.3 Å². The van der Waals surface area contributed by atoms with Crippen LogP contribution in [0.15, 0.2) is 11.1 Å². The molecule has 12 heavy (non-hydrogen) atoms. The molecule has 0 aromatic rings. The van der Waals surface area contributed by atoms with Gasteiger partial charge in [-0.3, -0.25) is 0 Å². The lowest BCUT2D eigenvalue weighted by atomic mass is 10.6. The highest BCUT2D eigenvalue weighted by molar-refractivity contribution is 7.95. The fourth-order valence-electron chi connectivity index (χ4n) is 0.569. The summed E-state index contributed by atoms with van der Waals surface area (Å²) in [6.07, 6.45) is 1.30. The molecule has 0 unspecified atom stereocenters. The van der Waals surface area contributed by atoms with Gasteiger partial charge in [-0.15, -0.1) is 0 Å². The van der Waals surface area contributed by atoms with Gasteiger partial charge >= 0.3 is 0 Å². The van der Waals surface area contributed by atoms with Crippen molar-refractivity contribution >= 4 is 9.84 Å². The van der Waals surface area contributed by atoms with Crippen LogP contribution in [-0.4, -0.2) is 33.2 Å². The van der Waals surface area contributed by atoms with E-state index in [4.69, 9.17) is 5.26 Å². The lowest BCUT2D eigenvalue weighted by Crippen LogP contribution is -2.10. The first-order chi connectivity index (χ1) is 5.44. The molecule has 5 heteroatoms. The quantitative estimate of drug-likeness (QED) is 0.599. The van der Waals surface area contributed by atoms with Crippen molar-refractivity contribution in [2.24, 2.45) is 0 Å². The first kappa shape index (κ1) is 11.0. The second kappa shape index (κ2) is 4.12. The van der Waals surface area contributed by atoms with Crippen molar-refractivity contribution in [3.8, 4) is 6.07 Å². The maximum absolute atomic E-state index is 11.1. The summed E-state index contributed by atoms with van der Waals surface area (Å²) in [4.78, 5) is 1.35. The number of nitriles is 1. The SMILES string of the molecule is CCS(=O)(=O)C(C#N)=CN(C)C. The van der Waals surface area contributed by atoms with Gasteiger partial charge in [0.05, 0.1) is 5.75 Å². The number of hydrogen-bond donors (Lipinski definition) is 0. The number of nitrogens with zero attached hydrogens (tertiary/aromatic N) is 2. The lowest BCUT2D eigenvalue weighted by Gasteiger charge is -2.05. The summed E-state index contributed by atoms with van der Waals surface area (Å²) in [5, 5.41) is 8.52. The van der Waals surface area contributed by atoms with Crippen LogP contribution in [0.4, 0.5) is 0 Å². The maximum atomic E-state index is 11.1. The van der Waals surface area contributed by atoms with Crippen LogP contribution in [0.5, 0.6) is 0 Å². The highest BCUT2D eigenvalue weighted by atomic mass is 32.2. The molecule has 0 atom stereocenters. The number of allylic oxidation sites excluding steroid dienone is 1. The van der Waals surface area contributed by atoms with Crippen LogP contribution >= 0.6 is 0 Å². The zero-order valence-corrected chi connectivity index (χ0v) is 8.22. The Bertz CT molecular complexity index is 309. The summed E-state index contributed by atoms with van der Waals surface area (Å²) in [6, 6.07) is 1.66. The van der Waals surface area contributed by atoms with E-state index >= 15 is 0 Å². The van der Waals surface area contributed by atoms with E-state index in [0.717, 1.165) is 0 Å². The maximum Gasteiger partial charge on any atom is 0.189 e.